The molecular weight excluding hydrogens is 290 g/mol. The summed E-state index contributed by atoms with van der Waals surface area (Å²) in [7, 11) is 0. The standard InChI is InChI=1S/C17H19NO.C2H4O2/c1-14-7-5-6-10-16(14)13-17(19)18-12-11-15-8-3-2-4-9-15;1-2(3)4/h2-10H,11-13H2,1H3,(H,18,19);1H3,(H,3,4). The monoisotopic (exact) mass is 313 g/mol. The van der Waals surface area contributed by atoms with Crippen LogP contribution in [0.3, 0.4) is 0 Å². The van der Waals surface area contributed by atoms with E-state index in [0.717, 1.165) is 18.9 Å². The third-order valence-corrected chi connectivity index (χ3v) is 3.19. The highest BCUT2D eigenvalue weighted by Crippen LogP contribution is 2.07. The molecule has 2 N–H and O–H groups in total. The Morgan fingerprint density at radius 2 is 1.57 bits per heavy atom. The van der Waals surface area contributed by atoms with Gasteiger partial charge in [-0.3, -0.25) is 9.59 Å². The molecule has 2 aromatic rings. The predicted molar refractivity (Wildman–Crippen MR) is 91.3 cm³/mol. The Labute approximate surface area is 137 Å². The van der Waals surface area contributed by atoms with E-state index >= 15 is 0 Å². The van der Waals surface area contributed by atoms with Crippen LogP contribution in [0.2, 0.25) is 0 Å². The van der Waals surface area contributed by atoms with Gasteiger partial charge in [0.15, 0.2) is 0 Å². The molecule has 0 radical (unpaired) electrons. The lowest BCUT2D eigenvalue weighted by Gasteiger charge is -2.07. The minimum absolute atomic E-state index is 0.0882. The number of aliphatic carboxylic acids is 1. The van der Waals surface area contributed by atoms with E-state index in [-0.39, 0.29) is 5.91 Å². The molecule has 0 aromatic heterocycles. The van der Waals surface area contributed by atoms with Crippen LogP contribution in [0.5, 0.6) is 0 Å². The number of hydrogen-bond donors (Lipinski definition) is 2. The maximum Gasteiger partial charge on any atom is 0.300 e. The van der Waals surface area contributed by atoms with Crippen molar-refractivity contribution in [2.24, 2.45) is 0 Å². The number of carbonyl (C=O) groups excluding carboxylic acids is 1. The molecule has 0 aliphatic rings. The summed E-state index contributed by atoms with van der Waals surface area (Å²) in [5, 5.41) is 10.4. The van der Waals surface area contributed by atoms with Crippen molar-refractivity contribution in [3.63, 3.8) is 0 Å². The Kier molecular flexibility index (Phi) is 8.14. The topological polar surface area (TPSA) is 66.4 Å². The van der Waals surface area contributed by atoms with Gasteiger partial charge in [0, 0.05) is 13.5 Å². The van der Waals surface area contributed by atoms with Crippen LogP contribution in [-0.2, 0) is 22.4 Å². The highest BCUT2D eigenvalue weighted by molar-refractivity contribution is 5.78. The zero-order chi connectivity index (χ0) is 17.1. The first-order valence-electron chi connectivity index (χ1n) is 7.53. The first-order valence-corrected chi connectivity index (χ1v) is 7.53. The quantitative estimate of drug-likeness (QED) is 0.892. The second kappa shape index (κ2) is 10.2. The van der Waals surface area contributed by atoms with Crippen LogP contribution in [0.1, 0.15) is 23.6 Å². The van der Waals surface area contributed by atoms with Crippen LogP contribution in [0.25, 0.3) is 0 Å². The second-order valence-corrected chi connectivity index (χ2v) is 5.21. The zero-order valence-electron chi connectivity index (χ0n) is 13.6. The Bertz CT molecular complexity index is 620. The molecular formula is C19H23NO3. The molecule has 0 saturated carbocycles. The molecule has 4 heteroatoms. The number of hydrogen-bond acceptors (Lipinski definition) is 2. The summed E-state index contributed by atoms with van der Waals surface area (Å²) < 4.78 is 0. The predicted octanol–water partition coefficient (Wildman–Crippen LogP) is 2.99. The van der Waals surface area contributed by atoms with Gasteiger partial charge >= 0.3 is 0 Å². The fraction of sp³-hybridized carbons (Fsp3) is 0.263. The van der Waals surface area contributed by atoms with Gasteiger partial charge in [0.2, 0.25) is 5.91 Å². The van der Waals surface area contributed by atoms with Gasteiger partial charge in [-0.2, -0.15) is 0 Å². The molecule has 2 aromatic carbocycles. The van der Waals surface area contributed by atoms with Crippen LogP contribution < -0.4 is 5.32 Å². The van der Waals surface area contributed by atoms with Crippen molar-refractivity contribution in [2.45, 2.75) is 26.7 Å². The number of carboxylic acid groups (broad SMARTS) is 1. The molecule has 0 bridgehead atoms. The number of aryl methyl sites for hydroxylation is 1. The normalized spacial score (nSPS) is 9.48. The van der Waals surface area contributed by atoms with Gasteiger partial charge in [-0.25, -0.2) is 0 Å². The fourth-order valence-corrected chi connectivity index (χ4v) is 2.03. The van der Waals surface area contributed by atoms with Gasteiger partial charge in [0.1, 0.15) is 0 Å². The van der Waals surface area contributed by atoms with Gasteiger partial charge in [0.05, 0.1) is 6.42 Å². The fourth-order valence-electron chi connectivity index (χ4n) is 2.03. The minimum Gasteiger partial charge on any atom is -0.481 e. The maximum absolute atomic E-state index is 11.8. The van der Waals surface area contributed by atoms with Crippen molar-refractivity contribution in [1.82, 2.24) is 5.32 Å². The lowest BCUT2D eigenvalue weighted by Crippen LogP contribution is -2.27. The smallest absolute Gasteiger partial charge is 0.300 e. The molecule has 0 spiro atoms. The third kappa shape index (κ3) is 8.41. The van der Waals surface area contributed by atoms with E-state index in [2.05, 4.69) is 17.4 Å². The van der Waals surface area contributed by atoms with E-state index < -0.39 is 5.97 Å². The summed E-state index contributed by atoms with van der Waals surface area (Å²) in [5.41, 5.74) is 3.51. The number of nitrogens with one attached hydrogen (secondary N) is 1. The molecule has 0 aliphatic heterocycles. The van der Waals surface area contributed by atoms with Gasteiger partial charge in [-0.15, -0.1) is 0 Å². The van der Waals surface area contributed by atoms with Gasteiger partial charge in [0.25, 0.3) is 5.97 Å². The number of benzene rings is 2. The van der Waals surface area contributed by atoms with E-state index in [0.29, 0.717) is 13.0 Å². The largest absolute Gasteiger partial charge is 0.481 e. The van der Waals surface area contributed by atoms with Crippen LogP contribution >= 0.6 is 0 Å². The first-order chi connectivity index (χ1) is 11.0. The number of carboxylic acids is 1. The molecule has 23 heavy (non-hydrogen) atoms. The van der Waals surface area contributed by atoms with Crippen LogP contribution in [0.15, 0.2) is 54.6 Å². The summed E-state index contributed by atoms with van der Waals surface area (Å²) >= 11 is 0. The van der Waals surface area contributed by atoms with Crippen LogP contribution in [0, 0.1) is 6.92 Å². The summed E-state index contributed by atoms with van der Waals surface area (Å²) in [6.07, 6.45) is 1.34. The summed E-state index contributed by atoms with van der Waals surface area (Å²) in [4.78, 5) is 20.8. The van der Waals surface area contributed by atoms with Gasteiger partial charge < -0.3 is 10.4 Å². The average Bonchev–Trinajstić information content (AvgIpc) is 2.50. The molecule has 1 amide bonds. The Balaban J connectivity index is 0.000000593. The van der Waals surface area contributed by atoms with E-state index in [1.807, 2.05) is 49.4 Å². The van der Waals surface area contributed by atoms with Crippen LogP contribution in [0.4, 0.5) is 0 Å². The molecule has 2 rings (SSSR count). The molecule has 0 heterocycles. The van der Waals surface area contributed by atoms with Crippen molar-refractivity contribution in [3.05, 3.63) is 71.3 Å². The third-order valence-electron chi connectivity index (χ3n) is 3.19. The number of carbonyl (C=O) groups is 2. The molecule has 0 fully saturated rings. The number of rotatable bonds is 5. The summed E-state index contributed by atoms with van der Waals surface area (Å²) in [6.45, 7) is 3.81. The van der Waals surface area contributed by atoms with Crippen molar-refractivity contribution in [1.29, 1.82) is 0 Å². The molecule has 0 unspecified atom stereocenters. The second-order valence-electron chi connectivity index (χ2n) is 5.21. The Morgan fingerprint density at radius 3 is 2.17 bits per heavy atom. The lowest BCUT2D eigenvalue weighted by molar-refractivity contribution is -0.134. The molecule has 0 saturated heterocycles. The Hall–Kier alpha value is -2.62. The minimum atomic E-state index is -0.833. The molecule has 0 atom stereocenters. The highest BCUT2D eigenvalue weighted by atomic mass is 16.4. The van der Waals surface area contributed by atoms with Crippen LogP contribution in [-0.4, -0.2) is 23.5 Å². The molecule has 0 aliphatic carbocycles. The molecule has 4 nitrogen and oxygen atoms in total. The number of amides is 1. The SMILES string of the molecule is CC(=O)O.Cc1ccccc1CC(=O)NCCc1ccccc1. The summed E-state index contributed by atoms with van der Waals surface area (Å²) in [6, 6.07) is 18.2. The lowest BCUT2D eigenvalue weighted by atomic mass is 10.1. The average molecular weight is 313 g/mol. The van der Waals surface area contributed by atoms with Crippen molar-refractivity contribution >= 4 is 11.9 Å². The van der Waals surface area contributed by atoms with Crippen molar-refractivity contribution < 1.29 is 14.7 Å². The van der Waals surface area contributed by atoms with E-state index in [1.54, 1.807) is 0 Å². The van der Waals surface area contributed by atoms with E-state index in [1.165, 1.54) is 11.1 Å². The van der Waals surface area contributed by atoms with Crippen molar-refractivity contribution in [3.8, 4) is 0 Å². The van der Waals surface area contributed by atoms with Crippen molar-refractivity contribution in [2.75, 3.05) is 6.54 Å². The van der Waals surface area contributed by atoms with E-state index in [4.69, 9.17) is 9.90 Å². The summed E-state index contributed by atoms with van der Waals surface area (Å²) in [5.74, 6) is -0.745. The Morgan fingerprint density at radius 1 is 1.00 bits per heavy atom. The maximum atomic E-state index is 11.8. The first kappa shape index (κ1) is 18.4. The van der Waals surface area contributed by atoms with Gasteiger partial charge in [-0.1, -0.05) is 54.6 Å². The van der Waals surface area contributed by atoms with Gasteiger partial charge in [-0.05, 0) is 30.0 Å². The van der Waals surface area contributed by atoms with E-state index in [9.17, 15) is 4.79 Å². The molecule has 122 valence electrons. The zero-order valence-corrected chi connectivity index (χ0v) is 13.6. The highest BCUT2D eigenvalue weighted by Gasteiger charge is 2.04.